The molecule has 0 aliphatic carbocycles. The van der Waals surface area contributed by atoms with E-state index in [0.717, 1.165) is 55.1 Å². The van der Waals surface area contributed by atoms with Crippen LogP contribution in [0.1, 0.15) is 17.5 Å². The number of carbonyl (C=O) groups is 1. The molecule has 1 fully saturated rings. The first-order chi connectivity index (χ1) is 19.2. The zero-order valence-corrected chi connectivity index (χ0v) is 23.7. The van der Waals surface area contributed by atoms with E-state index in [1.807, 2.05) is 48.2 Å². The van der Waals surface area contributed by atoms with E-state index in [1.165, 1.54) is 10.6 Å². The summed E-state index contributed by atoms with van der Waals surface area (Å²) in [6, 6.07) is 13.7. The van der Waals surface area contributed by atoms with Crippen molar-refractivity contribution in [1.29, 1.82) is 0 Å². The number of piperazine rings is 1. The summed E-state index contributed by atoms with van der Waals surface area (Å²) in [5.41, 5.74) is 3.60. The molecule has 2 radical (unpaired) electrons. The molecule has 1 aromatic heterocycles. The summed E-state index contributed by atoms with van der Waals surface area (Å²) in [6.45, 7) is 5.23. The van der Waals surface area contributed by atoms with Crippen molar-refractivity contribution in [2.24, 2.45) is 0 Å². The summed E-state index contributed by atoms with van der Waals surface area (Å²) >= 11 is 0. The lowest BCUT2D eigenvalue weighted by Gasteiger charge is -2.47. The minimum Gasteiger partial charge on any atom is -0.506 e. The number of carbonyl (C=O) groups excluding carboxylic acids is 1. The first kappa shape index (κ1) is 27.7. The molecule has 11 heteroatoms. The summed E-state index contributed by atoms with van der Waals surface area (Å²) in [7, 11) is 14.7. The fraction of sp³-hybridized carbons (Fsp3) is 0.414. The molecule has 2 aliphatic rings. The summed E-state index contributed by atoms with van der Waals surface area (Å²) in [5.74, 6) is 1.11. The molecular weight excluding hydrogens is 503 g/mol. The van der Waals surface area contributed by atoms with Crippen LogP contribution in [-0.4, -0.2) is 100 Å². The van der Waals surface area contributed by atoms with Crippen LogP contribution in [0.3, 0.4) is 0 Å². The van der Waals surface area contributed by atoms with E-state index in [9.17, 15) is 9.90 Å². The number of nitrogens with one attached hydrogen (secondary N) is 1. The Labute approximate surface area is 237 Å². The van der Waals surface area contributed by atoms with Gasteiger partial charge in [0, 0.05) is 81.9 Å². The Morgan fingerprint density at radius 3 is 2.50 bits per heavy atom. The Morgan fingerprint density at radius 1 is 1.07 bits per heavy atom. The molecule has 0 spiro atoms. The molecule has 3 aromatic rings. The maximum Gasteiger partial charge on any atom is 0.229 e. The van der Waals surface area contributed by atoms with Gasteiger partial charge in [-0.3, -0.25) is 4.79 Å². The van der Waals surface area contributed by atoms with Gasteiger partial charge in [-0.1, -0.05) is 12.1 Å². The minimum atomic E-state index is -0.819. The van der Waals surface area contributed by atoms with Crippen LogP contribution in [0.5, 0.6) is 5.75 Å². The fourth-order valence-electron chi connectivity index (χ4n) is 5.53. The zero-order chi connectivity index (χ0) is 28.4. The number of aromatic nitrogens is 2. The predicted molar refractivity (Wildman–Crippen MR) is 161 cm³/mol. The Hall–Kier alpha value is -3.83. The largest absolute Gasteiger partial charge is 0.506 e. The molecule has 1 atom stereocenters. The average molecular weight is 540 g/mol. The number of nitrogens with zero attached hydrogens (tertiary/aromatic N) is 7. The predicted octanol–water partition coefficient (Wildman–Crippen LogP) is 2.56. The summed E-state index contributed by atoms with van der Waals surface area (Å²) in [5, 5.41) is 13.8. The van der Waals surface area contributed by atoms with Crippen molar-refractivity contribution < 1.29 is 9.90 Å². The third-order valence-corrected chi connectivity index (χ3v) is 8.11. The average Bonchev–Trinajstić information content (AvgIpc) is 2.96. The van der Waals surface area contributed by atoms with Crippen molar-refractivity contribution in [1.82, 2.24) is 19.8 Å². The van der Waals surface area contributed by atoms with Gasteiger partial charge in [-0.15, -0.1) is 0 Å². The van der Waals surface area contributed by atoms with Gasteiger partial charge >= 0.3 is 0 Å². The van der Waals surface area contributed by atoms with E-state index in [2.05, 4.69) is 39.3 Å². The number of phenolic OH excluding ortho intramolecular Hbond substituents is 1. The smallest absolute Gasteiger partial charge is 0.229 e. The second-order valence-electron chi connectivity index (χ2n) is 10.8. The summed E-state index contributed by atoms with van der Waals surface area (Å²) in [4.78, 5) is 31.3. The van der Waals surface area contributed by atoms with Crippen molar-refractivity contribution in [2.45, 2.75) is 18.4 Å². The zero-order valence-electron chi connectivity index (χ0n) is 23.7. The third-order valence-electron chi connectivity index (χ3n) is 8.11. The van der Waals surface area contributed by atoms with Gasteiger partial charge in [0.05, 0.1) is 5.69 Å². The van der Waals surface area contributed by atoms with Crippen LogP contribution in [0.25, 0.3) is 0 Å². The summed E-state index contributed by atoms with van der Waals surface area (Å²) in [6.07, 6.45) is 3.14. The number of benzene rings is 2. The minimum absolute atomic E-state index is 0.208. The van der Waals surface area contributed by atoms with E-state index in [0.29, 0.717) is 31.3 Å². The molecule has 1 saturated heterocycles. The van der Waals surface area contributed by atoms with Crippen LogP contribution in [0.4, 0.5) is 28.8 Å². The van der Waals surface area contributed by atoms with Gasteiger partial charge < -0.3 is 34.9 Å². The fourth-order valence-corrected chi connectivity index (χ4v) is 5.53. The van der Waals surface area contributed by atoms with Gasteiger partial charge in [0.2, 0.25) is 12.4 Å². The molecule has 2 aliphatic heterocycles. The maximum absolute atomic E-state index is 11.8. The molecule has 10 nitrogen and oxygen atoms in total. The normalized spacial score (nSPS) is 19.4. The quantitative estimate of drug-likeness (QED) is 0.331. The lowest BCUT2D eigenvalue weighted by atomic mass is 9.66. The molecule has 2 N–H and O–H groups in total. The van der Waals surface area contributed by atoms with Crippen LogP contribution < -0.4 is 20.0 Å². The number of anilines is 5. The van der Waals surface area contributed by atoms with E-state index in [-0.39, 0.29) is 5.75 Å². The first-order valence-corrected chi connectivity index (χ1v) is 13.6. The monoisotopic (exact) mass is 540 g/mol. The lowest BCUT2D eigenvalue weighted by molar-refractivity contribution is -0.107. The molecule has 1 unspecified atom stereocenters. The highest BCUT2D eigenvalue weighted by Crippen LogP contribution is 2.44. The molecule has 2 aromatic carbocycles. The van der Waals surface area contributed by atoms with E-state index < -0.39 is 5.44 Å². The van der Waals surface area contributed by atoms with Gasteiger partial charge in [0.15, 0.2) is 0 Å². The number of fused-ring (bicyclic) bond motifs is 1. The number of aromatic hydroxyl groups is 1. The summed E-state index contributed by atoms with van der Waals surface area (Å²) < 4.78 is 0. The first-order valence-electron chi connectivity index (χ1n) is 13.6. The van der Waals surface area contributed by atoms with Gasteiger partial charge in [-0.05, 0) is 56.4 Å². The van der Waals surface area contributed by atoms with Crippen molar-refractivity contribution in [3.8, 4) is 5.75 Å². The van der Waals surface area contributed by atoms with Crippen LogP contribution >= 0.6 is 0 Å². The van der Waals surface area contributed by atoms with Crippen molar-refractivity contribution in [2.75, 3.05) is 80.9 Å². The molecule has 0 bridgehead atoms. The SMILES string of the molecule is [B]C1(N(C)Cc2cnc(Nc3ccc(N4CCN(C)CC4)cc3)nc2N(C)C=O)CCN(C)c2c(O)cccc21. The van der Waals surface area contributed by atoms with Crippen molar-refractivity contribution in [3.63, 3.8) is 0 Å². The van der Waals surface area contributed by atoms with Gasteiger partial charge in [-0.25, -0.2) is 4.98 Å². The van der Waals surface area contributed by atoms with Crippen LogP contribution in [0, 0.1) is 0 Å². The molecule has 40 heavy (non-hydrogen) atoms. The highest BCUT2D eigenvalue weighted by atomic mass is 16.3. The second kappa shape index (κ2) is 11.3. The van der Waals surface area contributed by atoms with E-state index >= 15 is 0 Å². The molecular formula is C29H37BN8O2. The maximum atomic E-state index is 11.8. The Kier molecular flexibility index (Phi) is 7.87. The molecule has 0 saturated carbocycles. The van der Waals surface area contributed by atoms with Crippen LogP contribution in [-0.2, 0) is 16.8 Å². The molecule has 208 valence electrons. The second-order valence-corrected chi connectivity index (χ2v) is 10.8. The standard InChI is InChI=1S/C29H37BN8O2/c1-34-14-16-38(17-15-34)23-10-8-22(9-11-23)32-28-31-18-21(27(33-28)36(3)20-39)19-37(4)29(30)12-13-35(2)26-24(29)6-5-7-25(26)40/h5-11,18,20,40H,12-17,19H2,1-4H3,(H,31,32,33). The van der Waals surface area contributed by atoms with Crippen LogP contribution in [0.15, 0.2) is 48.7 Å². The van der Waals surface area contributed by atoms with Gasteiger partial charge in [0.25, 0.3) is 0 Å². The number of likely N-dealkylation sites (N-methyl/N-ethyl adjacent to an activating group) is 1. The van der Waals surface area contributed by atoms with Gasteiger partial charge in [-0.2, -0.15) is 4.98 Å². The Balaban J connectivity index is 1.35. The van der Waals surface area contributed by atoms with E-state index in [1.54, 1.807) is 19.3 Å². The number of hydrogen-bond donors (Lipinski definition) is 2. The molecule has 1 amide bonds. The number of rotatable bonds is 8. The Bertz CT molecular complexity index is 1350. The number of hydrogen-bond acceptors (Lipinski definition) is 9. The highest BCUT2D eigenvalue weighted by molar-refractivity contribution is 6.16. The van der Waals surface area contributed by atoms with E-state index in [4.69, 9.17) is 12.8 Å². The molecule has 3 heterocycles. The lowest BCUT2D eigenvalue weighted by Crippen LogP contribution is -2.49. The van der Waals surface area contributed by atoms with Crippen LogP contribution in [0.2, 0.25) is 0 Å². The van der Waals surface area contributed by atoms with Gasteiger partial charge in [0.1, 0.15) is 19.4 Å². The van der Waals surface area contributed by atoms with Crippen molar-refractivity contribution in [3.05, 3.63) is 59.8 Å². The number of para-hydroxylation sites is 1. The highest BCUT2D eigenvalue weighted by Gasteiger charge is 2.38. The number of phenols is 1. The third kappa shape index (κ3) is 5.44. The number of amides is 1. The Morgan fingerprint density at radius 2 is 1.80 bits per heavy atom. The van der Waals surface area contributed by atoms with Crippen molar-refractivity contribution >= 4 is 43.1 Å². The topological polar surface area (TPSA) is 91.3 Å². The molecule has 5 rings (SSSR count).